The first kappa shape index (κ1) is 10.2. The van der Waals surface area contributed by atoms with E-state index >= 15 is 0 Å². The molecule has 1 amide bonds. The summed E-state index contributed by atoms with van der Waals surface area (Å²) in [7, 11) is 0. The van der Waals surface area contributed by atoms with Gasteiger partial charge in [0.25, 0.3) is 0 Å². The molecule has 6 heteroatoms. The predicted molar refractivity (Wildman–Crippen MR) is 42.4 cm³/mol. The molecule has 13 heavy (non-hydrogen) atoms. The highest BCUT2D eigenvalue weighted by atomic mass is 16.5. The molecule has 76 valence electrons. The molecule has 1 heterocycles. The van der Waals surface area contributed by atoms with Crippen LogP contribution < -0.4 is 0 Å². The van der Waals surface area contributed by atoms with Gasteiger partial charge in [-0.1, -0.05) is 0 Å². The Labute approximate surface area is 75.3 Å². The molecule has 0 aromatic heterocycles. The number of likely N-dealkylation sites (tertiary alicyclic amines) is 1. The number of ether oxygens (including phenoxy) is 1. The summed E-state index contributed by atoms with van der Waals surface area (Å²) in [4.78, 5) is 11.6. The van der Waals surface area contributed by atoms with Gasteiger partial charge in [-0.05, 0) is 0 Å². The fourth-order valence-electron chi connectivity index (χ4n) is 1.28. The lowest BCUT2D eigenvalue weighted by Gasteiger charge is -2.13. The second-order valence-electron chi connectivity index (χ2n) is 2.89. The highest BCUT2D eigenvalue weighted by Crippen LogP contribution is 2.13. The Morgan fingerprint density at radius 1 is 1.54 bits per heavy atom. The summed E-state index contributed by atoms with van der Waals surface area (Å²) in [6, 6.07) is 0. The van der Waals surface area contributed by atoms with E-state index < -0.39 is 18.3 Å². The third-order valence-electron chi connectivity index (χ3n) is 1.93. The van der Waals surface area contributed by atoms with Gasteiger partial charge in [0, 0.05) is 0 Å². The molecule has 0 aromatic carbocycles. The Morgan fingerprint density at radius 2 is 2.23 bits per heavy atom. The molecule has 1 saturated heterocycles. The van der Waals surface area contributed by atoms with E-state index in [2.05, 4.69) is 0 Å². The average Bonchev–Trinajstić information content (AvgIpc) is 2.44. The molecule has 0 bridgehead atoms. The molecule has 6 nitrogen and oxygen atoms in total. The van der Waals surface area contributed by atoms with Crippen LogP contribution in [0.5, 0.6) is 0 Å². The number of hydrogen-bond acceptors (Lipinski definition) is 4. The molecule has 2 atom stereocenters. The van der Waals surface area contributed by atoms with Gasteiger partial charge in [-0.25, -0.2) is 4.79 Å². The summed E-state index contributed by atoms with van der Waals surface area (Å²) < 4.78 is 5.04. The summed E-state index contributed by atoms with van der Waals surface area (Å²) in [6.07, 6.45) is -2.36. The minimum atomic E-state index is -1.06. The molecule has 1 aliphatic heterocycles. The van der Waals surface area contributed by atoms with E-state index in [0.717, 1.165) is 4.90 Å². The third-order valence-corrected chi connectivity index (χ3v) is 1.93. The Hall–Kier alpha value is -0.850. The van der Waals surface area contributed by atoms with Crippen LogP contribution >= 0.6 is 0 Å². The summed E-state index contributed by atoms with van der Waals surface area (Å²) in [5.41, 5.74) is 0. The van der Waals surface area contributed by atoms with Crippen molar-refractivity contribution in [3.05, 3.63) is 0 Å². The fraction of sp³-hybridized carbons (Fsp3) is 0.857. The van der Waals surface area contributed by atoms with Gasteiger partial charge < -0.3 is 25.0 Å². The summed E-state index contributed by atoms with van der Waals surface area (Å²) in [5.74, 6) is 0. The number of carboxylic acid groups (broad SMARTS) is 1. The quantitative estimate of drug-likeness (QED) is 0.517. The van der Waals surface area contributed by atoms with Gasteiger partial charge in [0.15, 0.2) is 0 Å². The van der Waals surface area contributed by atoms with Gasteiger partial charge in [0.05, 0.1) is 32.4 Å². The largest absolute Gasteiger partial charge is 0.465 e. The first-order valence-corrected chi connectivity index (χ1v) is 4.03. The van der Waals surface area contributed by atoms with Gasteiger partial charge >= 0.3 is 6.09 Å². The van der Waals surface area contributed by atoms with Crippen LogP contribution in [0, 0.1) is 0 Å². The maximum atomic E-state index is 10.5. The van der Waals surface area contributed by atoms with Gasteiger partial charge in [0.1, 0.15) is 6.10 Å². The molecule has 0 saturated carbocycles. The minimum Gasteiger partial charge on any atom is -0.465 e. The van der Waals surface area contributed by atoms with Crippen molar-refractivity contribution in [2.75, 3.05) is 26.3 Å². The number of aliphatic hydroxyl groups excluding tert-OH is 2. The van der Waals surface area contributed by atoms with Gasteiger partial charge in [-0.3, -0.25) is 0 Å². The molecule has 0 aliphatic carbocycles. The van der Waals surface area contributed by atoms with Gasteiger partial charge in [-0.2, -0.15) is 0 Å². The van der Waals surface area contributed by atoms with Crippen LogP contribution in [0.1, 0.15) is 0 Å². The number of carbonyl (C=O) groups is 1. The molecule has 1 unspecified atom stereocenters. The zero-order valence-corrected chi connectivity index (χ0v) is 7.09. The lowest BCUT2D eigenvalue weighted by atomic mass is 10.3. The third kappa shape index (κ3) is 2.55. The van der Waals surface area contributed by atoms with E-state index in [1.54, 1.807) is 0 Å². The van der Waals surface area contributed by atoms with Crippen molar-refractivity contribution in [1.82, 2.24) is 4.90 Å². The van der Waals surface area contributed by atoms with Crippen molar-refractivity contribution in [2.24, 2.45) is 0 Å². The van der Waals surface area contributed by atoms with Crippen LogP contribution in [0.2, 0.25) is 0 Å². The SMILES string of the molecule is O=C(O)N1CC(O)[C@H](OCCO)C1. The minimum absolute atomic E-state index is 0.0748. The first-order valence-electron chi connectivity index (χ1n) is 4.03. The molecule has 0 spiro atoms. The Morgan fingerprint density at radius 3 is 2.69 bits per heavy atom. The van der Waals surface area contributed by atoms with Crippen LogP contribution in [-0.2, 0) is 4.74 Å². The van der Waals surface area contributed by atoms with Crippen LogP contribution in [0.25, 0.3) is 0 Å². The maximum absolute atomic E-state index is 10.5. The monoisotopic (exact) mass is 191 g/mol. The highest BCUT2D eigenvalue weighted by Gasteiger charge is 2.34. The molecule has 0 radical (unpaired) electrons. The normalized spacial score (nSPS) is 28.0. The van der Waals surface area contributed by atoms with E-state index in [1.165, 1.54) is 0 Å². The second kappa shape index (κ2) is 4.40. The highest BCUT2D eigenvalue weighted by molar-refractivity contribution is 5.65. The van der Waals surface area contributed by atoms with Crippen molar-refractivity contribution in [3.8, 4) is 0 Å². The van der Waals surface area contributed by atoms with Crippen LogP contribution in [0.15, 0.2) is 0 Å². The van der Waals surface area contributed by atoms with E-state index in [0.29, 0.717) is 0 Å². The zero-order valence-electron chi connectivity index (χ0n) is 7.09. The Kier molecular flexibility index (Phi) is 3.47. The van der Waals surface area contributed by atoms with E-state index in [9.17, 15) is 9.90 Å². The van der Waals surface area contributed by atoms with Crippen LogP contribution in [-0.4, -0.2) is 64.8 Å². The molecule has 1 fully saturated rings. The first-order chi connectivity index (χ1) is 6.15. The number of amides is 1. The van der Waals surface area contributed by atoms with Crippen molar-refractivity contribution < 1.29 is 24.9 Å². The molecular weight excluding hydrogens is 178 g/mol. The number of β-amino-alcohol motifs (C(OH)–C–C–N with tert-alkyl or cyclic N) is 1. The van der Waals surface area contributed by atoms with E-state index in [-0.39, 0.29) is 26.3 Å². The smallest absolute Gasteiger partial charge is 0.407 e. The summed E-state index contributed by atoms with van der Waals surface area (Å²) >= 11 is 0. The Bertz CT molecular complexity index is 186. The number of nitrogens with zero attached hydrogens (tertiary/aromatic N) is 1. The predicted octanol–water partition coefficient (Wildman–Crippen LogP) is -1.28. The van der Waals surface area contributed by atoms with Crippen molar-refractivity contribution in [3.63, 3.8) is 0 Å². The molecule has 3 N–H and O–H groups in total. The average molecular weight is 191 g/mol. The van der Waals surface area contributed by atoms with E-state index in [4.69, 9.17) is 14.9 Å². The lowest BCUT2D eigenvalue weighted by molar-refractivity contribution is -0.0211. The van der Waals surface area contributed by atoms with E-state index in [1.807, 2.05) is 0 Å². The topological polar surface area (TPSA) is 90.2 Å². The molecule has 1 rings (SSSR count). The summed E-state index contributed by atoms with van der Waals surface area (Å²) in [5, 5.41) is 26.4. The lowest BCUT2D eigenvalue weighted by Crippen LogP contribution is -2.29. The van der Waals surface area contributed by atoms with Crippen molar-refractivity contribution in [2.45, 2.75) is 12.2 Å². The van der Waals surface area contributed by atoms with Gasteiger partial charge in [0.2, 0.25) is 0 Å². The van der Waals surface area contributed by atoms with Crippen molar-refractivity contribution in [1.29, 1.82) is 0 Å². The standard InChI is InChI=1S/C7H13NO5/c9-1-2-13-6-4-8(7(11)12)3-5(6)10/h5-6,9-10H,1-4H2,(H,11,12)/t5?,6-/m1/s1. The number of hydrogen-bond donors (Lipinski definition) is 3. The Balaban J connectivity index is 2.37. The van der Waals surface area contributed by atoms with Crippen LogP contribution in [0.3, 0.4) is 0 Å². The molecule has 1 aliphatic rings. The maximum Gasteiger partial charge on any atom is 0.407 e. The summed E-state index contributed by atoms with van der Waals surface area (Å²) in [6.45, 7) is 0.230. The second-order valence-corrected chi connectivity index (χ2v) is 2.89. The molecule has 0 aromatic rings. The number of rotatable bonds is 3. The molecular formula is C7H13NO5. The zero-order chi connectivity index (χ0) is 9.84. The van der Waals surface area contributed by atoms with Gasteiger partial charge in [-0.15, -0.1) is 0 Å². The fourth-order valence-corrected chi connectivity index (χ4v) is 1.28. The van der Waals surface area contributed by atoms with Crippen LogP contribution in [0.4, 0.5) is 4.79 Å². The number of aliphatic hydroxyl groups is 2. The van der Waals surface area contributed by atoms with Crippen molar-refractivity contribution >= 4 is 6.09 Å².